The number of hydrogen-bond acceptors (Lipinski definition) is 5. The highest BCUT2D eigenvalue weighted by Crippen LogP contribution is 2.42. The summed E-state index contributed by atoms with van der Waals surface area (Å²) in [6, 6.07) is 6.32. The van der Waals surface area contributed by atoms with Crippen LogP contribution in [0.2, 0.25) is 0 Å². The van der Waals surface area contributed by atoms with Crippen molar-refractivity contribution >= 4 is 5.78 Å². The topological polar surface area (TPSA) is 48.0 Å². The third kappa shape index (κ3) is 5.09. The molecule has 170 valence electrons. The van der Waals surface area contributed by atoms with Crippen molar-refractivity contribution in [2.75, 3.05) is 33.0 Å². The average Bonchev–Trinajstić information content (AvgIpc) is 3.51. The summed E-state index contributed by atoms with van der Waals surface area (Å²) in [4.78, 5) is 15.0. The lowest BCUT2D eigenvalue weighted by Gasteiger charge is -2.34. The number of Topliss-reactive ketones (excluding diaryl/α,β-unsaturated/α-hetero) is 1. The molecule has 1 unspecified atom stereocenters. The second-order valence-electron chi connectivity index (χ2n) is 10.0. The molecule has 0 amide bonds. The van der Waals surface area contributed by atoms with E-state index in [1.807, 2.05) is 6.07 Å². The molecule has 3 heterocycles. The molecule has 31 heavy (non-hydrogen) atoms. The lowest BCUT2D eigenvalue weighted by Crippen LogP contribution is -2.35. The summed E-state index contributed by atoms with van der Waals surface area (Å²) >= 11 is 0. The zero-order chi connectivity index (χ0) is 21.0. The molecule has 5 rings (SSSR count). The molecular weight excluding hydrogens is 390 g/mol. The van der Waals surface area contributed by atoms with Crippen LogP contribution in [0.3, 0.4) is 0 Å². The molecule has 1 saturated carbocycles. The molecular formula is C26H37NO4. The Balaban J connectivity index is 1.01. The number of likely N-dealkylation sites (tertiary alicyclic amines) is 1. The van der Waals surface area contributed by atoms with Gasteiger partial charge < -0.3 is 19.1 Å². The number of ketones is 1. The number of ether oxygens (including phenoxy) is 3. The Hall–Kier alpha value is -1.59. The Morgan fingerprint density at radius 3 is 2.55 bits per heavy atom. The minimum Gasteiger partial charge on any atom is -0.454 e. The second kappa shape index (κ2) is 9.91. The van der Waals surface area contributed by atoms with Crippen molar-refractivity contribution in [1.82, 2.24) is 4.90 Å². The number of nitrogens with zero attached hydrogens (tertiary/aromatic N) is 1. The van der Waals surface area contributed by atoms with Gasteiger partial charge in [0, 0.05) is 18.6 Å². The van der Waals surface area contributed by atoms with Gasteiger partial charge in [0.25, 0.3) is 0 Å². The molecule has 3 aliphatic heterocycles. The quantitative estimate of drug-likeness (QED) is 0.618. The van der Waals surface area contributed by atoms with E-state index < -0.39 is 0 Å². The maximum absolute atomic E-state index is 12.4. The Bertz CT molecular complexity index is 744. The Morgan fingerprint density at radius 2 is 1.77 bits per heavy atom. The second-order valence-corrected chi connectivity index (χ2v) is 10.0. The average molecular weight is 428 g/mol. The first-order valence-corrected chi connectivity index (χ1v) is 12.5. The first-order valence-electron chi connectivity index (χ1n) is 12.5. The lowest BCUT2D eigenvalue weighted by atomic mass is 9.78. The van der Waals surface area contributed by atoms with Crippen LogP contribution in [0.4, 0.5) is 0 Å². The molecule has 5 nitrogen and oxygen atoms in total. The van der Waals surface area contributed by atoms with Crippen LogP contribution in [0, 0.1) is 11.8 Å². The highest BCUT2D eigenvalue weighted by atomic mass is 16.7. The molecule has 0 bridgehead atoms. The van der Waals surface area contributed by atoms with E-state index >= 15 is 0 Å². The number of carbonyl (C=O) groups excluding carboxylic acids is 1. The summed E-state index contributed by atoms with van der Waals surface area (Å²) in [6.07, 6.45) is 11.4. The first kappa shape index (κ1) is 21.3. The molecule has 1 aromatic carbocycles. The molecule has 2 saturated heterocycles. The molecule has 5 heteroatoms. The minimum atomic E-state index is -0.0864. The molecule has 0 spiro atoms. The van der Waals surface area contributed by atoms with Crippen molar-refractivity contribution in [2.24, 2.45) is 11.8 Å². The summed E-state index contributed by atoms with van der Waals surface area (Å²) in [7, 11) is 0. The molecule has 0 aromatic heterocycles. The maximum atomic E-state index is 12.4. The van der Waals surface area contributed by atoms with Gasteiger partial charge in [0.05, 0.1) is 0 Å². The highest BCUT2D eigenvalue weighted by molar-refractivity contribution is 5.83. The van der Waals surface area contributed by atoms with Crippen molar-refractivity contribution < 1.29 is 19.0 Å². The maximum Gasteiger partial charge on any atom is 0.231 e. The predicted molar refractivity (Wildman–Crippen MR) is 120 cm³/mol. The summed E-state index contributed by atoms with van der Waals surface area (Å²) in [6.45, 7) is 4.72. The van der Waals surface area contributed by atoms with Gasteiger partial charge in [-0.15, -0.1) is 0 Å². The Labute approximate surface area is 186 Å². The van der Waals surface area contributed by atoms with Crippen molar-refractivity contribution in [2.45, 2.75) is 76.2 Å². The molecule has 0 radical (unpaired) electrons. The smallest absolute Gasteiger partial charge is 0.231 e. The van der Waals surface area contributed by atoms with Crippen LogP contribution < -0.4 is 9.47 Å². The molecule has 1 aliphatic carbocycles. The van der Waals surface area contributed by atoms with Gasteiger partial charge in [0.2, 0.25) is 6.79 Å². The zero-order valence-electron chi connectivity index (χ0n) is 18.7. The van der Waals surface area contributed by atoms with Gasteiger partial charge in [-0.3, -0.25) is 4.79 Å². The number of carbonyl (C=O) groups is 1. The number of piperidine rings is 1. The van der Waals surface area contributed by atoms with E-state index in [-0.39, 0.29) is 6.10 Å². The fraction of sp³-hybridized carbons (Fsp3) is 0.731. The van der Waals surface area contributed by atoms with E-state index in [1.54, 1.807) is 0 Å². The van der Waals surface area contributed by atoms with Crippen molar-refractivity contribution in [3.8, 4) is 11.5 Å². The predicted octanol–water partition coefficient (Wildman–Crippen LogP) is 4.93. The third-order valence-electron chi connectivity index (χ3n) is 8.05. The monoisotopic (exact) mass is 427 g/mol. The van der Waals surface area contributed by atoms with Gasteiger partial charge >= 0.3 is 0 Å². The van der Waals surface area contributed by atoms with Crippen LogP contribution in [0.25, 0.3) is 0 Å². The fourth-order valence-electron chi connectivity index (χ4n) is 6.08. The van der Waals surface area contributed by atoms with Gasteiger partial charge in [-0.25, -0.2) is 0 Å². The van der Waals surface area contributed by atoms with Gasteiger partial charge in [-0.2, -0.15) is 0 Å². The van der Waals surface area contributed by atoms with Crippen LogP contribution in [0.1, 0.15) is 75.7 Å². The summed E-state index contributed by atoms with van der Waals surface area (Å²) in [5.74, 6) is 4.29. The van der Waals surface area contributed by atoms with E-state index in [0.29, 0.717) is 24.4 Å². The van der Waals surface area contributed by atoms with Gasteiger partial charge in [-0.1, -0.05) is 25.0 Å². The molecule has 4 aliphatic rings. The lowest BCUT2D eigenvalue weighted by molar-refractivity contribution is -0.129. The summed E-state index contributed by atoms with van der Waals surface area (Å²) in [5.41, 5.74) is 1.34. The third-order valence-corrected chi connectivity index (χ3v) is 8.05. The summed E-state index contributed by atoms with van der Waals surface area (Å²) in [5, 5.41) is 0. The van der Waals surface area contributed by atoms with Crippen LogP contribution in [-0.2, 0) is 9.53 Å². The normalized spacial score (nSPS) is 29.4. The van der Waals surface area contributed by atoms with E-state index in [1.165, 1.54) is 70.1 Å². The van der Waals surface area contributed by atoms with Gasteiger partial charge in [0.15, 0.2) is 17.3 Å². The van der Waals surface area contributed by atoms with Crippen LogP contribution in [-0.4, -0.2) is 49.8 Å². The molecule has 3 fully saturated rings. The van der Waals surface area contributed by atoms with E-state index in [4.69, 9.17) is 14.2 Å². The van der Waals surface area contributed by atoms with E-state index in [9.17, 15) is 4.79 Å². The Morgan fingerprint density at radius 1 is 0.968 bits per heavy atom. The zero-order valence-corrected chi connectivity index (χ0v) is 18.7. The summed E-state index contributed by atoms with van der Waals surface area (Å²) < 4.78 is 16.9. The van der Waals surface area contributed by atoms with Gasteiger partial charge in [-0.05, 0) is 88.4 Å². The molecule has 0 N–H and O–H groups in total. The minimum absolute atomic E-state index is 0.0864. The Kier molecular flexibility index (Phi) is 6.80. The van der Waals surface area contributed by atoms with E-state index in [0.717, 1.165) is 43.3 Å². The van der Waals surface area contributed by atoms with Crippen molar-refractivity contribution in [3.63, 3.8) is 0 Å². The fourth-order valence-corrected chi connectivity index (χ4v) is 6.08. The largest absolute Gasteiger partial charge is 0.454 e. The highest BCUT2D eigenvalue weighted by Gasteiger charge is 2.30. The molecule has 1 atom stereocenters. The number of hydrogen-bond donors (Lipinski definition) is 0. The van der Waals surface area contributed by atoms with Crippen LogP contribution >= 0.6 is 0 Å². The van der Waals surface area contributed by atoms with Crippen molar-refractivity contribution in [1.29, 1.82) is 0 Å². The van der Waals surface area contributed by atoms with Gasteiger partial charge in [0.1, 0.15) is 6.10 Å². The standard InChI is InChI=1S/C26H37NO4/c28-23(24-5-2-16-29-24)17-20-8-6-19(7-9-20)10-13-27-14-11-21(12-15-27)22-3-1-4-25-26(22)31-18-30-25/h1,3-4,19-21,24H,2,5-18H2. The number of rotatable bonds is 7. The van der Waals surface area contributed by atoms with Crippen LogP contribution in [0.15, 0.2) is 18.2 Å². The number of para-hydroxylation sites is 1. The number of fused-ring (bicyclic) bond motifs is 1. The SMILES string of the molecule is O=C(CC1CCC(CCN2CCC(c3cccc4c3OCO4)CC2)CC1)C1CCCO1. The molecule has 1 aromatic rings. The van der Waals surface area contributed by atoms with E-state index in [2.05, 4.69) is 17.0 Å². The van der Waals surface area contributed by atoms with Crippen molar-refractivity contribution in [3.05, 3.63) is 23.8 Å². The van der Waals surface area contributed by atoms with Crippen LogP contribution in [0.5, 0.6) is 11.5 Å². The first-order chi connectivity index (χ1) is 15.3. The number of benzene rings is 1.